The van der Waals surface area contributed by atoms with Crippen LogP contribution < -0.4 is 0 Å². The highest BCUT2D eigenvalue weighted by Gasteiger charge is 2.50. The van der Waals surface area contributed by atoms with Crippen molar-refractivity contribution in [2.75, 3.05) is 13.2 Å². The average molecular weight is 228 g/mol. The van der Waals surface area contributed by atoms with Crippen molar-refractivity contribution >= 4 is 0 Å². The van der Waals surface area contributed by atoms with Gasteiger partial charge in [0, 0.05) is 5.92 Å². The largest absolute Gasteiger partial charge is 0.388 e. The fraction of sp³-hybridized carbons (Fsp3) is 0.385. The summed E-state index contributed by atoms with van der Waals surface area (Å²) >= 11 is 0. The van der Waals surface area contributed by atoms with Crippen LogP contribution in [0.2, 0.25) is 0 Å². The summed E-state index contributed by atoms with van der Waals surface area (Å²) in [5, 5.41) is 28.4. The van der Waals surface area contributed by atoms with Crippen LogP contribution >= 0.6 is 0 Å². The lowest BCUT2D eigenvalue weighted by Crippen LogP contribution is -2.47. The number of aliphatic hydroxyl groups excluding tert-OH is 1. The van der Waals surface area contributed by atoms with E-state index in [-0.39, 0.29) is 13.2 Å². The lowest BCUT2D eigenvalue weighted by Gasteiger charge is -2.37. The first-order chi connectivity index (χ1) is 8.24. The summed E-state index contributed by atoms with van der Waals surface area (Å²) in [7, 11) is 0. The lowest BCUT2D eigenvalue weighted by atomic mass is 9.69. The summed E-state index contributed by atoms with van der Waals surface area (Å²) < 4.78 is 5.26. The Hall–Kier alpha value is -1.88. The van der Waals surface area contributed by atoms with Crippen LogP contribution in [-0.2, 0) is 4.74 Å². The van der Waals surface area contributed by atoms with Crippen molar-refractivity contribution in [3.05, 3.63) is 35.9 Å². The van der Waals surface area contributed by atoms with E-state index in [4.69, 9.17) is 4.74 Å². The van der Waals surface area contributed by atoms with Crippen molar-refractivity contribution in [3.63, 3.8) is 0 Å². The van der Waals surface area contributed by atoms with E-state index in [1.54, 1.807) is 0 Å². The Morgan fingerprint density at radius 3 is 2.41 bits per heavy atom. The van der Waals surface area contributed by atoms with Crippen molar-refractivity contribution in [2.45, 2.75) is 12.0 Å². The molecule has 0 radical (unpaired) electrons. The van der Waals surface area contributed by atoms with Gasteiger partial charge in [-0.1, -0.05) is 30.3 Å². The van der Waals surface area contributed by atoms with Gasteiger partial charge in [-0.3, -0.25) is 0 Å². The van der Waals surface area contributed by atoms with Crippen LogP contribution in [0, 0.1) is 28.1 Å². The second kappa shape index (κ2) is 4.55. The molecule has 2 unspecified atom stereocenters. The van der Waals surface area contributed by atoms with Gasteiger partial charge in [-0.25, -0.2) is 0 Å². The van der Waals surface area contributed by atoms with Crippen LogP contribution in [0.25, 0.3) is 0 Å². The fourth-order valence-electron chi connectivity index (χ4n) is 2.17. The zero-order chi connectivity index (χ0) is 12.3. The number of benzene rings is 1. The van der Waals surface area contributed by atoms with Crippen molar-refractivity contribution in [1.29, 1.82) is 10.5 Å². The van der Waals surface area contributed by atoms with E-state index in [0.29, 0.717) is 0 Å². The van der Waals surface area contributed by atoms with E-state index in [0.717, 1.165) is 5.56 Å². The van der Waals surface area contributed by atoms with Crippen molar-refractivity contribution in [2.24, 2.45) is 5.41 Å². The van der Waals surface area contributed by atoms with Crippen molar-refractivity contribution in [3.8, 4) is 12.1 Å². The smallest absolute Gasteiger partial charge is 0.180 e. The number of nitriles is 2. The fourth-order valence-corrected chi connectivity index (χ4v) is 2.17. The molecule has 4 nitrogen and oxygen atoms in total. The monoisotopic (exact) mass is 228 g/mol. The second-order valence-corrected chi connectivity index (χ2v) is 4.11. The van der Waals surface area contributed by atoms with Crippen molar-refractivity contribution in [1.82, 2.24) is 0 Å². The zero-order valence-corrected chi connectivity index (χ0v) is 9.21. The van der Waals surface area contributed by atoms with E-state index in [1.165, 1.54) is 0 Å². The van der Waals surface area contributed by atoms with E-state index in [2.05, 4.69) is 0 Å². The van der Waals surface area contributed by atoms with Gasteiger partial charge >= 0.3 is 0 Å². The van der Waals surface area contributed by atoms with E-state index >= 15 is 0 Å². The highest BCUT2D eigenvalue weighted by Crippen LogP contribution is 2.41. The molecule has 1 saturated heterocycles. The third-order valence-electron chi connectivity index (χ3n) is 3.21. The predicted molar refractivity (Wildman–Crippen MR) is 59.7 cm³/mol. The average Bonchev–Trinajstić information content (AvgIpc) is 2.40. The molecule has 0 saturated carbocycles. The molecule has 1 fully saturated rings. The molecule has 86 valence electrons. The van der Waals surface area contributed by atoms with Crippen LogP contribution in [0.15, 0.2) is 30.3 Å². The topological polar surface area (TPSA) is 77.0 Å². The maximum absolute atomic E-state index is 9.88. The Morgan fingerprint density at radius 2 is 1.82 bits per heavy atom. The van der Waals surface area contributed by atoms with Gasteiger partial charge in [-0.2, -0.15) is 10.5 Å². The third-order valence-corrected chi connectivity index (χ3v) is 3.21. The minimum atomic E-state index is -1.42. The highest BCUT2D eigenvalue weighted by atomic mass is 16.5. The zero-order valence-electron chi connectivity index (χ0n) is 9.21. The summed E-state index contributed by atoms with van der Waals surface area (Å²) in [6.07, 6.45) is -1.07. The summed E-state index contributed by atoms with van der Waals surface area (Å²) in [6.45, 7) is 0.312. The van der Waals surface area contributed by atoms with Gasteiger partial charge < -0.3 is 9.84 Å². The molecular weight excluding hydrogens is 216 g/mol. The van der Waals surface area contributed by atoms with Crippen LogP contribution in [-0.4, -0.2) is 24.4 Å². The quantitative estimate of drug-likeness (QED) is 0.783. The molecule has 17 heavy (non-hydrogen) atoms. The third kappa shape index (κ3) is 1.78. The van der Waals surface area contributed by atoms with E-state index in [9.17, 15) is 15.6 Å². The Kier molecular flexibility index (Phi) is 3.10. The van der Waals surface area contributed by atoms with Crippen molar-refractivity contribution < 1.29 is 9.84 Å². The van der Waals surface area contributed by atoms with Gasteiger partial charge in [0.2, 0.25) is 0 Å². The molecule has 1 aliphatic heterocycles. The van der Waals surface area contributed by atoms with Gasteiger partial charge in [-0.15, -0.1) is 0 Å². The minimum absolute atomic E-state index is 0.0322. The van der Waals surface area contributed by atoms with Gasteiger partial charge in [0.1, 0.15) is 6.10 Å². The molecule has 0 aliphatic carbocycles. The summed E-state index contributed by atoms with van der Waals surface area (Å²) in [4.78, 5) is 0. The van der Waals surface area contributed by atoms with E-state index in [1.807, 2.05) is 42.5 Å². The van der Waals surface area contributed by atoms with E-state index < -0.39 is 17.4 Å². The van der Waals surface area contributed by atoms with Gasteiger partial charge in [0.25, 0.3) is 0 Å². The second-order valence-electron chi connectivity index (χ2n) is 4.11. The molecule has 1 aromatic rings. The Morgan fingerprint density at radius 1 is 1.18 bits per heavy atom. The first-order valence-corrected chi connectivity index (χ1v) is 5.38. The molecule has 0 amide bonds. The molecule has 1 heterocycles. The first-order valence-electron chi connectivity index (χ1n) is 5.38. The Balaban J connectivity index is 2.45. The lowest BCUT2D eigenvalue weighted by molar-refractivity contribution is -0.0659. The summed E-state index contributed by atoms with van der Waals surface area (Å²) in [5.74, 6) is -0.414. The Bertz CT molecular complexity index is 458. The molecule has 2 rings (SSSR count). The summed E-state index contributed by atoms with van der Waals surface area (Å²) in [5.41, 5.74) is -0.575. The molecule has 1 aromatic carbocycles. The SMILES string of the molecule is N#CC1(C#N)C(O)COCC1c1ccccc1. The molecule has 4 heteroatoms. The Labute approximate surface area is 99.7 Å². The standard InChI is InChI=1S/C13H12N2O2/c14-8-13(9-15)11(6-17-7-12(13)16)10-4-2-1-3-5-10/h1-5,11-12,16H,6-7H2. The highest BCUT2D eigenvalue weighted by molar-refractivity contribution is 5.33. The minimum Gasteiger partial charge on any atom is -0.388 e. The maximum atomic E-state index is 9.88. The molecule has 0 aromatic heterocycles. The molecular formula is C13H12N2O2. The van der Waals surface area contributed by atoms with Gasteiger partial charge in [0.05, 0.1) is 25.4 Å². The van der Waals surface area contributed by atoms with Crippen LogP contribution in [0.3, 0.4) is 0 Å². The molecule has 0 bridgehead atoms. The number of hydrogen-bond acceptors (Lipinski definition) is 4. The molecule has 1 N–H and O–H groups in total. The first kappa shape index (κ1) is 11.6. The van der Waals surface area contributed by atoms with Gasteiger partial charge in [-0.05, 0) is 5.56 Å². The maximum Gasteiger partial charge on any atom is 0.180 e. The predicted octanol–water partition coefficient (Wildman–Crippen LogP) is 1.19. The van der Waals surface area contributed by atoms with Crippen LogP contribution in [0.5, 0.6) is 0 Å². The number of nitrogens with zero attached hydrogens (tertiary/aromatic N) is 2. The molecule has 1 aliphatic rings. The molecule has 0 spiro atoms. The van der Waals surface area contributed by atoms with Gasteiger partial charge in [0.15, 0.2) is 5.41 Å². The number of aliphatic hydroxyl groups is 1. The van der Waals surface area contributed by atoms with Crippen LogP contribution in [0.4, 0.5) is 0 Å². The number of hydrogen-bond donors (Lipinski definition) is 1. The normalized spacial score (nSPS) is 26.8. The molecule has 2 atom stereocenters. The van der Waals surface area contributed by atoms with Crippen LogP contribution in [0.1, 0.15) is 11.5 Å². The number of rotatable bonds is 1. The number of ether oxygens (including phenoxy) is 1. The summed E-state index contributed by atoms with van der Waals surface area (Å²) in [6, 6.07) is 13.2.